The van der Waals surface area contributed by atoms with Gasteiger partial charge in [-0.1, -0.05) is 51.0 Å². The van der Waals surface area contributed by atoms with Gasteiger partial charge in [-0.25, -0.2) is 4.68 Å². The Bertz CT molecular complexity index is 1740. The predicted molar refractivity (Wildman–Crippen MR) is 182 cm³/mol. The van der Waals surface area contributed by atoms with Crippen molar-refractivity contribution in [1.29, 1.82) is 0 Å². The molecule has 2 N–H and O–H groups in total. The van der Waals surface area contributed by atoms with Crippen LogP contribution in [0.2, 0.25) is 0 Å². The Morgan fingerprint density at radius 2 is 1.75 bits per heavy atom. The number of aliphatic hydroxyl groups is 1. The molecule has 2 aromatic carbocycles. The number of carbonyl (C=O) groups is 3. The number of hydrogen-bond donors (Lipinski definition) is 2. The fourth-order valence-electron chi connectivity index (χ4n) is 6.02. The quantitative estimate of drug-likeness (QED) is 0.176. The number of nitrogens with one attached hydrogen (secondary N) is 1. The van der Waals surface area contributed by atoms with Crippen molar-refractivity contribution in [3.8, 4) is 5.69 Å². The van der Waals surface area contributed by atoms with Crippen molar-refractivity contribution in [2.75, 3.05) is 32.1 Å². The van der Waals surface area contributed by atoms with E-state index in [2.05, 4.69) is 19.2 Å². The van der Waals surface area contributed by atoms with Gasteiger partial charge in [0.15, 0.2) is 11.5 Å². The molecule has 0 aliphatic carbocycles. The van der Waals surface area contributed by atoms with Gasteiger partial charge in [-0.3, -0.25) is 14.4 Å². The number of benzene rings is 2. The first-order valence-corrected chi connectivity index (χ1v) is 16.7. The summed E-state index contributed by atoms with van der Waals surface area (Å²) >= 11 is 0. The van der Waals surface area contributed by atoms with Crippen molar-refractivity contribution in [3.63, 3.8) is 0 Å². The molecule has 0 spiro atoms. The smallest absolute Gasteiger partial charge is 0.291 e. The fourth-order valence-corrected chi connectivity index (χ4v) is 6.02. The minimum atomic E-state index is -0.481. The van der Waals surface area contributed by atoms with Gasteiger partial charge >= 0.3 is 0 Å². The summed E-state index contributed by atoms with van der Waals surface area (Å²) in [5.74, 6) is -0.336. The second kappa shape index (κ2) is 15.9. The maximum Gasteiger partial charge on any atom is 0.291 e. The topological polar surface area (TPSA) is 130 Å². The second-order valence-corrected chi connectivity index (χ2v) is 12.2. The first kappa shape index (κ1) is 34.6. The van der Waals surface area contributed by atoms with Crippen LogP contribution in [0.3, 0.4) is 0 Å². The summed E-state index contributed by atoms with van der Waals surface area (Å²) in [5.41, 5.74) is 4.19. The zero-order valence-electron chi connectivity index (χ0n) is 28.2. The van der Waals surface area contributed by atoms with Crippen molar-refractivity contribution >= 4 is 23.4 Å². The molecule has 0 bridgehead atoms. The van der Waals surface area contributed by atoms with Crippen LogP contribution in [-0.2, 0) is 24.3 Å². The monoisotopic (exact) mass is 655 g/mol. The van der Waals surface area contributed by atoms with Crippen LogP contribution in [0.1, 0.15) is 93.5 Å². The molecule has 0 radical (unpaired) electrons. The summed E-state index contributed by atoms with van der Waals surface area (Å²) in [6.07, 6.45) is 4.26. The van der Waals surface area contributed by atoms with Gasteiger partial charge in [0, 0.05) is 38.1 Å². The molecule has 1 aliphatic heterocycles. The molecular formula is C37H45N5O6. The number of aliphatic hydroxyl groups excluding tert-OH is 1. The van der Waals surface area contributed by atoms with Crippen LogP contribution in [-0.4, -0.2) is 75.3 Å². The van der Waals surface area contributed by atoms with Crippen LogP contribution in [0.5, 0.6) is 0 Å². The van der Waals surface area contributed by atoms with Gasteiger partial charge in [-0.2, -0.15) is 5.10 Å². The number of aryl methyl sites for hydroxylation is 1. The van der Waals surface area contributed by atoms with E-state index in [1.807, 2.05) is 36.1 Å². The standard InChI is InChI=1S/C37H45N5O6/c1-5-7-17-40(18-8-6-2)37(46)32-19-25(3)42(39-32)33-15-13-28(38-35(44)34-16-14-30(48-34)24-47-4)21-31(33)36(45)41-22-27-12-10-9-11-26(27)20-29(41)23-43/h9-16,19,21,29,43H,5-8,17-18,20,22-24H2,1-4H3,(H,38,44). The van der Waals surface area contributed by atoms with Crippen LogP contribution in [0.25, 0.3) is 5.69 Å². The Labute approximate surface area is 281 Å². The van der Waals surface area contributed by atoms with Gasteiger partial charge < -0.3 is 29.4 Å². The minimum absolute atomic E-state index is 0.105. The Hall–Kier alpha value is -4.74. The number of unbranched alkanes of at least 4 members (excludes halogenated alkanes) is 2. The van der Waals surface area contributed by atoms with Crippen LogP contribution >= 0.6 is 0 Å². The largest absolute Gasteiger partial charge is 0.453 e. The molecule has 1 aliphatic rings. The first-order chi connectivity index (χ1) is 23.3. The lowest BCUT2D eigenvalue weighted by molar-refractivity contribution is 0.0544. The van der Waals surface area contributed by atoms with Crippen LogP contribution in [0.4, 0.5) is 5.69 Å². The summed E-state index contributed by atoms with van der Waals surface area (Å²) in [6.45, 7) is 7.69. The molecule has 0 fully saturated rings. The number of amides is 3. The average molecular weight is 656 g/mol. The third kappa shape index (κ3) is 7.69. The van der Waals surface area contributed by atoms with Crippen LogP contribution in [0.15, 0.2) is 65.1 Å². The van der Waals surface area contributed by atoms with Gasteiger partial charge in [0.1, 0.15) is 12.4 Å². The van der Waals surface area contributed by atoms with E-state index in [1.54, 1.807) is 53.1 Å². The molecule has 1 atom stereocenters. The van der Waals surface area contributed by atoms with Crippen LogP contribution in [0, 0.1) is 6.92 Å². The predicted octanol–water partition coefficient (Wildman–Crippen LogP) is 5.77. The number of anilines is 1. The van der Waals surface area contributed by atoms with E-state index >= 15 is 0 Å². The van der Waals surface area contributed by atoms with Crippen molar-refractivity contribution < 1.29 is 28.6 Å². The molecule has 254 valence electrons. The number of methoxy groups -OCH3 is 1. The highest BCUT2D eigenvalue weighted by Gasteiger charge is 2.32. The third-order valence-electron chi connectivity index (χ3n) is 8.67. The van der Waals surface area contributed by atoms with Gasteiger partial charge in [0.2, 0.25) is 0 Å². The number of nitrogens with zero attached hydrogens (tertiary/aromatic N) is 4. The molecule has 2 aromatic heterocycles. The summed E-state index contributed by atoms with van der Waals surface area (Å²) in [5, 5.41) is 17.9. The van der Waals surface area contributed by atoms with Gasteiger partial charge in [-0.15, -0.1) is 0 Å². The highest BCUT2D eigenvalue weighted by molar-refractivity contribution is 6.04. The molecule has 0 saturated heterocycles. The van der Waals surface area contributed by atoms with Crippen molar-refractivity contribution in [2.45, 2.75) is 72.1 Å². The zero-order valence-corrected chi connectivity index (χ0v) is 28.2. The number of carbonyl (C=O) groups excluding carboxylic acids is 3. The molecule has 11 heteroatoms. The number of hydrogen-bond acceptors (Lipinski definition) is 7. The molecule has 0 saturated carbocycles. The highest BCUT2D eigenvalue weighted by Crippen LogP contribution is 2.29. The number of fused-ring (bicyclic) bond motifs is 1. The fraction of sp³-hybridized carbons (Fsp3) is 0.405. The lowest BCUT2D eigenvalue weighted by atomic mass is 9.93. The lowest BCUT2D eigenvalue weighted by Crippen LogP contribution is -2.46. The van der Waals surface area contributed by atoms with Gasteiger partial charge in [-0.05, 0) is 73.7 Å². The van der Waals surface area contributed by atoms with E-state index in [0.29, 0.717) is 54.6 Å². The van der Waals surface area contributed by atoms with Gasteiger partial charge in [0.25, 0.3) is 17.7 Å². The molecule has 48 heavy (non-hydrogen) atoms. The molecular weight excluding hydrogens is 610 g/mol. The summed E-state index contributed by atoms with van der Waals surface area (Å²) in [7, 11) is 1.54. The first-order valence-electron chi connectivity index (χ1n) is 16.7. The van der Waals surface area contributed by atoms with E-state index in [9.17, 15) is 19.5 Å². The Morgan fingerprint density at radius 1 is 1.02 bits per heavy atom. The normalized spacial score (nSPS) is 14.1. The van der Waals surface area contributed by atoms with E-state index in [4.69, 9.17) is 14.3 Å². The Morgan fingerprint density at radius 3 is 2.44 bits per heavy atom. The molecule has 3 amide bonds. The zero-order chi connectivity index (χ0) is 34.2. The molecule has 4 aromatic rings. The van der Waals surface area contributed by atoms with Crippen LogP contribution < -0.4 is 5.32 Å². The van der Waals surface area contributed by atoms with Crippen molar-refractivity contribution in [2.24, 2.45) is 0 Å². The second-order valence-electron chi connectivity index (χ2n) is 12.2. The average Bonchev–Trinajstić information content (AvgIpc) is 3.74. The highest BCUT2D eigenvalue weighted by atomic mass is 16.5. The Kier molecular flexibility index (Phi) is 11.5. The van der Waals surface area contributed by atoms with E-state index < -0.39 is 11.9 Å². The van der Waals surface area contributed by atoms with E-state index in [0.717, 1.165) is 36.8 Å². The van der Waals surface area contributed by atoms with E-state index in [-0.39, 0.29) is 36.4 Å². The summed E-state index contributed by atoms with van der Waals surface area (Å²) < 4.78 is 12.3. The third-order valence-corrected chi connectivity index (χ3v) is 8.67. The molecule has 5 rings (SSSR count). The minimum Gasteiger partial charge on any atom is -0.453 e. The van der Waals surface area contributed by atoms with Crippen molar-refractivity contribution in [3.05, 3.63) is 100 Å². The maximum atomic E-state index is 14.5. The van der Waals surface area contributed by atoms with Gasteiger partial charge in [0.05, 0.1) is 23.9 Å². The number of rotatable bonds is 14. The maximum absolute atomic E-state index is 14.5. The lowest BCUT2D eigenvalue weighted by Gasteiger charge is -2.36. The molecule has 3 heterocycles. The molecule has 11 nitrogen and oxygen atoms in total. The summed E-state index contributed by atoms with van der Waals surface area (Å²) in [4.78, 5) is 44.8. The molecule has 1 unspecified atom stereocenters. The van der Waals surface area contributed by atoms with E-state index in [1.165, 1.54) is 0 Å². The SMILES string of the molecule is CCCCN(CCCC)C(=O)c1cc(C)n(-c2ccc(NC(=O)c3ccc(COC)o3)cc2C(=O)N2Cc3ccccc3CC2CO)n1. The van der Waals surface area contributed by atoms with Crippen molar-refractivity contribution in [1.82, 2.24) is 19.6 Å². The number of furan rings is 1. The Balaban J connectivity index is 1.52. The number of ether oxygens (including phenoxy) is 1. The number of aromatic nitrogens is 2. The summed E-state index contributed by atoms with van der Waals surface area (Å²) in [6, 6.07) is 17.5.